The molecule has 0 aliphatic carbocycles. The van der Waals surface area contributed by atoms with Gasteiger partial charge in [0.05, 0.1) is 18.4 Å². The fourth-order valence-corrected chi connectivity index (χ4v) is 3.86. The second-order valence-electron chi connectivity index (χ2n) is 7.24. The number of thioether (sulfide) groups is 1. The van der Waals surface area contributed by atoms with E-state index in [1.165, 1.54) is 36.0 Å². The number of rotatable bonds is 11. The third-order valence-corrected chi connectivity index (χ3v) is 5.65. The second-order valence-corrected chi connectivity index (χ2v) is 8.18. The van der Waals surface area contributed by atoms with Crippen LogP contribution in [0.25, 0.3) is 0 Å². The van der Waals surface area contributed by atoms with Crippen LogP contribution in [0.15, 0.2) is 66.3 Å². The standard InChI is InChI=1S/C24H26FN5O3S/c1-4-14-30-22(16(3)26-23(32)17-6-8-18(25)9-7-17)28-29-24(30)34-15-21(31)27-19-10-12-20(13-11-19)33-5-2/h4,6-13,16H,1,5,14-15H2,2-3H3,(H,26,32)(H,27,31)/t16-/m1/s1. The lowest BCUT2D eigenvalue weighted by molar-refractivity contribution is -0.113. The zero-order valence-corrected chi connectivity index (χ0v) is 19.8. The lowest BCUT2D eigenvalue weighted by Crippen LogP contribution is -2.28. The quantitative estimate of drug-likeness (QED) is 0.313. The SMILES string of the molecule is C=CCn1c(SCC(=O)Nc2ccc(OCC)cc2)nnc1[C@@H](C)NC(=O)c1ccc(F)cc1. The Morgan fingerprint density at radius 1 is 1.18 bits per heavy atom. The summed E-state index contributed by atoms with van der Waals surface area (Å²) in [5.41, 5.74) is 1.00. The number of benzene rings is 2. The van der Waals surface area contributed by atoms with Gasteiger partial charge in [0.15, 0.2) is 11.0 Å². The molecule has 0 aliphatic heterocycles. The lowest BCUT2D eigenvalue weighted by atomic mass is 10.2. The van der Waals surface area contributed by atoms with Crippen molar-refractivity contribution in [2.75, 3.05) is 17.7 Å². The lowest BCUT2D eigenvalue weighted by Gasteiger charge is -2.15. The summed E-state index contributed by atoms with van der Waals surface area (Å²) in [5, 5.41) is 14.6. The molecule has 10 heteroatoms. The summed E-state index contributed by atoms with van der Waals surface area (Å²) >= 11 is 1.23. The molecular formula is C24H26FN5O3S. The number of carbonyl (C=O) groups excluding carboxylic acids is 2. The van der Waals surface area contributed by atoms with Crippen LogP contribution in [0.5, 0.6) is 5.75 Å². The Morgan fingerprint density at radius 2 is 1.88 bits per heavy atom. The molecule has 0 unspecified atom stereocenters. The van der Waals surface area contributed by atoms with Crippen molar-refractivity contribution < 1.29 is 18.7 Å². The highest BCUT2D eigenvalue weighted by atomic mass is 32.2. The van der Waals surface area contributed by atoms with Gasteiger partial charge < -0.3 is 19.9 Å². The summed E-state index contributed by atoms with van der Waals surface area (Å²) < 4.78 is 20.3. The van der Waals surface area contributed by atoms with Gasteiger partial charge >= 0.3 is 0 Å². The number of nitrogens with zero attached hydrogens (tertiary/aromatic N) is 3. The monoisotopic (exact) mass is 483 g/mol. The number of aromatic nitrogens is 3. The minimum absolute atomic E-state index is 0.124. The number of allylic oxidation sites excluding steroid dienone is 1. The fourth-order valence-electron chi connectivity index (χ4n) is 3.10. The Balaban J connectivity index is 1.62. The molecule has 3 rings (SSSR count). The number of hydrogen-bond acceptors (Lipinski definition) is 6. The Morgan fingerprint density at radius 3 is 2.53 bits per heavy atom. The predicted octanol–water partition coefficient (Wildman–Crippen LogP) is 4.22. The fraction of sp³-hybridized carbons (Fsp3) is 0.250. The van der Waals surface area contributed by atoms with Crippen LogP contribution in [0, 0.1) is 5.82 Å². The molecule has 0 saturated carbocycles. The van der Waals surface area contributed by atoms with Gasteiger partial charge in [-0.05, 0) is 62.4 Å². The molecule has 0 fully saturated rings. The molecule has 0 spiro atoms. The van der Waals surface area contributed by atoms with Crippen molar-refractivity contribution in [1.82, 2.24) is 20.1 Å². The summed E-state index contributed by atoms with van der Waals surface area (Å²) in [7, 11) is 0. The minimum Gasteiger partial charge on any atom is -0.494 e. The van der Waals surface area contributed by atoms with Crippen molar-refractivity contribution in [2.24, 2.45) is 0 Å². The maximum Gasteiger partial charge on any atom is 0.251 e. The maximum atomic E-state index is 13.1. The number of nitrogens with one attached hydrogen (secondary N) is 2. The first kappa shape index (κ1) is 25.0. The summed E-state index contributed by atoms with van der Waals surface area (Å²) in [6.45, 7) is 8.43. The van der Waals surface area contributed by atoms with Crippen molar-refractivity contribution in [3.8, 4) is 5.75 Å². The van der Waals surface area contributed by atoms with Crippen LogP contribution >= 0.6 is 11.8 Å². The zero-order valence-electron chi connectivity index (χ0n) is 19.0. The van der Waals surface area contributed by atoms with Crippen molar-refractivity contribution in [2.45, 2.75) is 31.6 Å². The van der Waals surface area contributed by atoms with Crippen LogP contribution in [-0.2, 0) is 11.3 Å². The number of amides is 2. The predicted molar refractivity (Wildman–Crippen MR) is 129 cm³/mol. The van der Waals surface area contributed by atoms with E-state index in [1.807, 2.05) is 6.92 Å². The van der Waals surface area contributed by atoms with Gasteiger partial charge in [0, 0.05) is 17.8 Å². The van der Waals surface area contributed by atoms with Gasteiger partial charge in [-0.1, -0.05) is 17.8 Å². The van der Waals surface area contributed by atoms with Crippen molar-refractivity contribution in [3.63, 3.8) is 0 Å². The molecule has 8 nitrogen and oxygen atoms in total. The molecule has 0 radical (unpaired) electrons. The molecule has 2 aromatic carbocycles. The van der Waals surface area contributed by atoms with Gasteiger partial charge in [-0.3, -0.25) is 9.59 Å². The van der Waals surface area contributed by atoms with E-state index < -0.39 is 11.9 Å². The van der Waals surface area contributed by atoms with Crippen LogP contribution < -0.4 is 15.4 Å². The largest absolute Gasteiger partial charge is 0.494 e. The normalized spacial score (nSPS) is 11.5. The van der Waals surface area contributed by atoms with Crippen molar-refractivity contribution in [1.29, 1.82) is 0 Å². The Kier molecular flexibility index (Phi) is 8.80. The highest BCUT2D eigenvalue weighted by Gasteiger charge is 2.20. The highest BCUT2D eigenvalue weighted by Crippen LogP contribution is 2.22. The first-order valence-electron chi connectivity index (χ1n) is 10.7. The number of anilines is 1. The van der Waals surface area contributed by atoms with Crippen LogP contribution in [0.1, 0.15) is 36.1 Å². The van der Waals surface area contributed by atoms with Crippen LogP contribution in [0.4, 0.5) is 10.1 Å². The third kappa shape index (κ3) is 6.67. The van der Waals surface area contributed by atoms with Crippen molar-refractivity contribution >= 4 is 29.3 Å². The summed E-state index contributed by atoms with van der Waals surface area (Å²) in [6.07, 6.45) is 1.69. The van der Waals surface area contributed by atoms with Crippen molar-refractivity contribution in [3.05, 3.63) is 78.4 Å². The average Bonchev–Trinajstić information content (AvgIpc) is 3.22. The molecule has 178 valence electrons. The van der Waals surface area contributed by atoms with Gasteiger partial charge in [-0.15, -0.1) is 16.8 Å². The Hall–Kier alpha value is -3.66. The Bertz CT molecular complexity index is 1130. The number of hydrogen-bond donors (Lipinski definition) is 2. The van der Waals surface area contributed by atoms with E-state index >= 15 is 0 Å². The van der Waals surface area contributed by atoms with Gasteiger partial charge in [0.1, 0.15) is 11.6 Å². The van der Waals surface area contributed by atoms with E-state index in [-0.39, 0.29) is 17.6 Å². The molecule has 0 bridgehead atoms. The van der Waals surface area contributed by atoms with Gasteiger partial charge in [0.2, 0.25) is 5.91 Å². The van der Waals surface area contributed by atoms with E-state index in [9.17, 15) is 14.0 Å². The smallest absolute Gasteiger partial charge is 0.251 e. The van der Waals surface area contributed by atoms with Crippen LogP contribution in [0.3, 0.4) is 0 Å². The molecule has 0 saturated heterocycles. The van der Waals surface area contributed by atoms with E-state index in [1.54, 1.807) is 41.8 Å². The topological polar surface area (TPSA) is 98.1 Å². The second kappa shape index (κ2) is 12.0. The molecule has 34 heavy (non-hydrogen) atoms. The molecule has 1 heterocycles. The van der Waals surface area contributed by atoms with Crippen LogP contribution in [-0.4, -0.2) is 38.9 Å². The number of carbonyl (C=O) groups is 2. The molecule has 2 amide bonds. The molecular weight excluding hydrogens is 457 g/mol. The maximum absolute atomic E-state index is 13.1. The average molecular weight is 484 g/mol. The molecule has 2 N–H and O–H groups in total. The van der Waals surface area contributed by atoms with Crippen LogP contribution in [0.2, 0.25) is 0 Å². The van der Waals surface area contributed by atoms with Gasteiger partial charge in [-0.25, -0.2) is 4.39 Å². The highest BCUT2D eigenvalue weighted by molar-refractivity contribution is 7.99. The zero-order chi connectivity index (χ0) is 24.5. The van der Waals surface area contributed by atoms with E-state index in [0.717, 1.165) is 5.75 Å². The van der Waals surface area contributed by atoms with E-state index in [4.69, 9.17) is 4.74 Å². The first-order chi connectivity index (χ1) is 16.4. The summed E-state index contributed by atoms with van der Waals surface area (Å²) in [4.78, 5) is 24.9. The Labute approximate surface area is 201 Å². The molecule has 1 aromatic heterocycles. The summed E-state index contributed by atoms with van der Waals surface area (Å²) in [6, 6.07) is 11.9. The minimum atomic E-state index is -0.475. The number of ether oxygens (including phenoxy) is 1. The van der Waals surface area contributed by atoms with E-state index in [2.05, 4.69) is 27.4 Å². The first-order valence-corrected chi connectivity index (χ1v) is 11.7. The number of halogens is 1. The summed E-state index contributed by atoms with van der Waals surface area (Å²) in [5.74, 6) is 0.415. The van der Waals surface area contributed by atoms with E-state index in [0.29, 0.717) is 35.4 Å². The third-order valence-electron chi connectivity index (χ3n) is 4.68. The van der Waals surface area contributed by atoms with Gasteiger partial charge in [-0.2, -0.15) is 0 Å². The molecule has 3 aromatic rings. The molecule has 1 atom stereocenters. The molecule has 0 aliphatic rings. The van der Waals surface area contributed by atoms with Gasteiger partial charge in [0.25, 0.3) is 5.91 Å².